The number of ether oxygens (including phenoxy) is 1. The second-order valence-corrected chi connectivity index (χ2v) is 3.47. The molecule has 0 spiro atoms. The van der Waals surface area contributed by atoms with Gasteiger partial charge in [-0.2, -0.15) is 13.2 Å². The Balaban J connectivity index is 2.81. The second kappa shape index (κ2) is 6.22. The third kappa shape index (κ3) is 4.22. The Morgan fingerprint density at radius 2 is 1.94 bits per heavy atom. The van der Waals surface area contributed by atoms with Crippen LogP contribution in [0.3, 0.4) is 0 Å². The van der Waals surface area contributed by atoms with Crippen LogP contribution in [0.15, 0.2) is 24.3 Å². The molecule has 0 radical (unpaired) electrons. The van der Waals surface area contributed by atoms with Gasteiger partial charge in [-0.05, 0) is 24.3 Å². The molecule has 0 aliphatic rings. The van der Waals surface area contributed by atoms with Crippen molar-refractivity contribution in [2.45, 2.75) is 18.7 Å². The first-order valence-corrected chi connectivity index (χ1v) is 5.12. The van der Waals surface area contributed by atoms with Crippen LogP contribution in [0.25, 0.3) is 0 Å². The molecule has 2 nitrogen and oxygen atoms in total. The molecule has 1 aromatic carbocycles. The van der Waals surface area contributed by atoms with Crippen LogP contribution in [0.2, 0.25) is 0 Å². The predicted octanol–water partition coefficient (Wildman–Crippen LogP) is 2.66. The summed E-state index contributed by atoms with van der Waals surface area (Å²) in [4.78, 5) is 10.3. The average Bonchev–Trinajstić information content (AvgIpc) is 2.34. The highest BCUT2D eigenvalue weighted by atomic mass is 19.4. The van der Waals surface area contributed by atoms with E-state index in [0.29, 0.717) is 11.8 Å². The SMILES string of the molecule is COC(C#Cc1ccc(C(F)(F)F)cc1)CC=O. The van der Waals surface area contributed by atoms with Crippen molar-refractivity contribution >= 4 is 6.29 Å². The van der Waals surface area contributed by atoms with Crippen LogP contribution in [0.1, 0.15) is 17.5 Å². The lowest BCUT2D eigenvalue weighted by molar-refractivity contribution is -0.137. The van der Waals surface area contributed by atoms with Gasteiger partial charge in [0.15, 0.2) is 0 Å². The number of alkyl halides is 3. The zero-order valence-corrected chi connectivity index (χ0v) is 9.62. The van der Waals surface area contributed by atoms with E-state index in [1.54, 1.807) is 0 Å². The molecule has 0 aromatic heterocycles. The molecule has 96 valence electrons. The van der Waals surface area contributed by atoms with Gasteiger partial charge >= 0.3 is 6.18 Å². The van der Waals surface area contributed by atoms with Crippen molar-refractivity contribution in [3.05, 3.63) is 35.4 Å². The van der Waals surface area contributed by atoms with Crippen molar-refractivity contribution in [2.24, 2.45) is 0 Å². The number of aldehydes is 1. The van der Waals surface area contributed by atoms with Crippen LogP contribution in [0, 0.1) is 11.8 Å². The van der Waals surface area contributed by atoms with E-state index in [1.807, 2.05) is 0 Å². The van der Waals surface area contributed by atoms with Crippen molar-refractivity contribution in [3.8, 4) is 11.8 Å². The molecule has 0 heterocycles. The minimum atomic E-state index is -4.35. The lowest BCUT2D eigenvalue weighted by Crippen LogP contribution is -2.07. The van der Waals surface area contributed by atoms with Crippen LogP contribution < -0.4 is 0 Å². The summed E-state index contributed by atoms with van der Waals surface area (Å²) in [6.07, 6.45) is -4.08. The van der Waals surface area contributed by atoms with E-state index in [4.69, 9.17) is 4.74 Å². The molecule has 0 N–H and O–H groups in total. The third-order valence-electron chi connectivity index (χ3n) is 2.18. The molecule has 0 bridgehead atoms. The molecule has 0 saturated heterocycles. The molecule has 1 atom stereocenters. The number of carbonyl (C=O) groups excluding carboxylic acids is 1. The maximum Gasteiger partial charge on any atom is 0.416 e. The molecule has 0 amide bonds. The van der Waals surface area contributed by atoms with E-state index in [9.17, 15) is 18.0 Å². The van der Waals surface area contributed by atoms with Gasteiger partial charge in [0.1, 0.15) is 12.4 Å². The Labute approximate surface area is 103 Å². The Morgan fingerprint density at radius 3 is 2.39 bits per heavy atom. The number of halogens is 3. The molecule has 0 saturated carbocycles. The van der Waals surface area contributed by atoms with Crippen LogP contribution >= 0.6 is 0 Å². The van der Waals surface area contributed by atoms with Gasteiger partial charge in [0.2, 0.25) is 0 Å². The van der Waals surface area contributed by atoms with Gasteiger partial charge in [-0.15, -0.1) is 0 Å². The van der Waals surface area contributed by atoms with Gasteiger partial charge in [0.05, 0.1) is 5.56 Å². The van der Waals surface area contributed by atoms with Crippen LogP contribution in [0.4, 0.5) is 13.2 Å². The zero-order chi connectivity index (χ0) is 13.6. The third-order valence-corrected chi connectivity index (χ3v) is 2.18. The fourth-order valence-electron chi connectivity index (χ4n) is 1.21. The molecule has 1 rings (SSSR count). The Kier molecular flexibility index (Phi) is 4.93. The molecule has 0 aliphatic carbocycles. The maximum atomic E-state index is 12.3. The van der Waals surface area contributed by atoms with E-state index in [-0.39, 0.29) is 6.42 Å². The minimum absolute atomic E-state index is 0.129. The molecule has 0 aliphatic heterocycles. The van der Waals surface area contributed by atoms with Gasteiger partial charge in [0, 0.05) is 19.1 Å². The summed E-state index contributed by atoms with van der Waals surface area (Å²) in [5, 5.41) is 0. The van der Waals surface area contributed by atoms with E-state index < -0.39 is 17.8 Å². The van der Waals surface area contributed by atoms with Crippen molar-refractivity contribution < 1.29 is 22.7 Å². The van der Waals surface area contributed by atoms with Gasteiger partial charge < -0.3 is 9.53 Å². The quantitative estimate of drug-likeness (QED) is 0.614. The van der Waals surface area contributed by atoms with E-state index in [1.165, 1.54) is 19.2 Å². The lowest BCUT2D eigenvalue weighted by atomic mass is 10.1. The monoisotopic (exact) mass is 256 g/mol. The van der Waals surface area contributed by atoms with E-state index >= 15 is 0 Å². The smallest absolute Gasteiger partial charge is 0.368 e. The Hall–Kier alpha value is -1.80. The highest BCUT2D eigenvalue weighted by Gasteiger charge is 2.29. The molecule has 18 heavy (non-hydrogen) atoms. The highest BCUT2D eigenvalue weighted by Crippen LogP contribution is 2.28. The van der Waals surface area contributed by atoms with Crippen molar-refractivity contribution in [3.63, 3.8) is 0 Å². The molecular weight excluding hydrogens is 245 g/mol. The summed E-state index contributed by atoms with van der Waals surface area (Å²) >= 11 is 0. The second-order valence-electron chi connectivity index (χ2n) is 3.47. The topological polar surface area (TPSA) is 26.3 Å². The first-order chi connectivity index (χ1) is 8.47. The minimum Gasteiger partial charge on any atom is -0.368 e. The molecule has 1 unspecified atom stereocenters. The number of hydrogen-bond donors (Lipinski definition) is 0. The number of hydrogen-bond acceptors (Lipinski definition) is 2. The standard InChI is InChI=1S/C13H11F3O2/c1-18-12(8-9-17)7-4-10-2-5-11(6-3-10)13(14,15)16/h2-3,5-6,9,12H,8H2,1H3. The normalized spacial score (nSPS) is 12.4. The first kappa shape index (κ1) is 14.3. The summed E-state index contributed by atoms with van der Waals surface area (Å²) in [5.74, 6) is 5.32. The number of benzene rings is 1. The van der Waals surface area contributed by atoms with Gasteiger partial charge in [0.25, 0.3) is 0 Å². The fourth-order valence-corrected chi connectivity index (χ4v) is 1.21. The molecular formula is C13H11F3O2. The number of carbonyl (C=O) groups is 1. The Morgan fingerprint density at radius 1 is 1.33 bits per heavy atom. The van der Waals surface area contributed by atoms with Crippen molar-refractivity contribution in [1.29, 1.82) is 0 Å². The van der Waals surface area contributed by atoms with E-state index in [0.717, 1.165) is 12.1 Å². The van der Waals surface area contributed by atoms with Gasteiger partial charge in [-0.25, -0.2) is 0 Å². The first-order valence-electron chi connectivity index (χ1n) is 5.12. The van der Waals surface area contributed by atoms with Crippen LogP contribution in [-0.2, 0) is 15.7 Å². The fraction of sp³-hybridized carbons (Fsp3) is 0.308. The highest BCUT2D eigenvalue weighted by molar-refractivity contribution is 5.51. The lowest BCUT2D eigenvalue weighted by Gasteiger charge is -2.05. The van der Waals surface area contributed by atoms with Crippen LogP contribution in [0.5, 0.6) is 0 Å². The molecule has 0 fully saturated rings. The van der Waals surface area contributed by atoms with Crippen LogP contribution in [-0.4, -0.2) is 19.5 Å². The predicted molar refractivity (Wildman–Crippen MR) is 59.8 cm³/mol. The van der Waals surface area contributed by atoms with Gasteiger partial charge in [-0.1, -0.05) is 11.8 Å². The van der Waals surface area contributed by atoms with Crippen molar-refractivity contribution in [2.75, 3.05) is 7.11 Å². The summed E-state index contributed by atoms with van der Waals surface area (Å²) in [5.41, 5.74) is -0.278. The van der Waals surface area contributed by atoms with Gasteiger partial charge in [-0.3, -0.25) is 0 Å². The maximum absolute atomic E-state index is 12.3. The molecule has 5 heteroatoms. The molecule has 1 aromatic rings. The summed E-state index contributed by atoms with van der Waals surface area (Å²) in [7, 11) is 1.41. The van der Waals surface area contributed by atoms with E-state index in [2.05, 4.69) is 11.8 Å². The summed E-state index contributed by atoms with van der Waals surface area (Å²) < 4.78 is 41.8. The summed E-state index contributed by atoms with van der Waals surface area (Å²) in [6.45, 7) is 0. The zero-order valence-electron chi connectivity index (χ0n) is 9.62. The number of methoxy groups -OCH3 is 1. The summed E-state index contributed by atoms with van der Waals surface area (Å²) in [6, 6.07) is 4.49. The average molecular weight is 256 g/mol. The Bertz CT molecular complexity index is 452. The van der Waals surface area contributed by atoms with Crippen molar-refractivity contribution in [1.82, 2.24) is 0 Å². The largest absolute Gasteiger partial charge is 0.416 e. The number of rotatable bonds is 3.